The highest BCUT2D eigenvalue weighted by Crippen LogP contribution is 2.25. The maximum atomic E-state index is 12.6. The zero-order chi connectivity index (χ0) is 18.1. The van der Waals surface area contributed by atoms with E-state index < -0.39 is 23.1 Å². The summed E-state index contributed by atoms with van der Waals surface area (Å²) in [6.45, 7) is 10.8. The first kappa shape index (κ1) is 18.0. The van der Waals surface area contributed by atoms with E-state index in [0.29, 0.717) is 11.1 Å². The fourth-order valence-corrected chi connectivity index (χ4v) is 2.27. The Bertz CT molecular complexity index is 776. The normalized spacial score (nSPS) is 12.1. The molecule has 0 N–H and O–H groups in total. The van der Waals surface area contributed by atoms with E-state index in [4.69, 9.17) is 9.47 Å². The van der Waals surface area contributed by atoms with E-state index in [1.165, 1.54) is 0 Å². The minimum atomic E-state index is -0.611. The van der Waals surface area contributed by atoms with Gasteiger partial charge in [0.2, 0.25) is 0 Å². The van der Waals surface area contributed by atoms with Gasteiger partial charge in [-0.05, 0) is 64.4 Å². The van der Waals surface area contributed by atoms with E-state index in [1.54, 1.807) is 32.9 Å². The molecule has 2 rings (SSSR count). The van der Waals surface area contributed by atoms with Crippen LogP contribution in [0.5, 0.6) is 0 Å². The molecule has 0 bridgehead atoms. The van der Waals surface area contributed by atoms with Crippen LogP contribution in [0.2, 0.25) is 0 Å². The number of hydrogen-bond donors (Lipinski definition) is 0. The van der Waals surface area contributed by atoms with Crippen molar-refractivity contribution in [3.05, 3.63) is 47.5 Å². The van der Waals surface area contributed by atoms with E-state index in [9.17, 15) is 9.59 Å². The largest absolute Gasteiger partial charge is 0.456 e. The lowest BCUT2D eigenvalue weighted by atomic mass is 10.0. The van der Waals surface area contributed by atoms with Crippen molar-refractivity contribution in [1.29, 1.82) is 0 Å². The first-order valence-corrected chi connectivity index (χ1v) is 7.96. The Morgan fingerprint density at radius 3 is 1.92 bits per heavy atom. The van der Waals surface area contributed by atoms with Gasteiger partial charge in [0.25, 0.3) is 0 Å². The average molecular weight is 328 g/mol. The van der Waals surface area contributed by atoms with Crippen LogP contribution in [0.1, 0.15) is 62.3 Å². The van der Waals surface area contributed by atoms with Crippen LogP contribution in [-0.2, 0) is 9.47 Å². The molecule has 4 heteroatoms. The third-order valence-electron chi connectivity index (χ3n) is 3.12. The van der Waals surface area contributed by atoms with E-state index >= 15 is 0 Å². The predicted octanol–water partition coefficient (Wildman–Crippen LogP) is 4.75. The van der Waals surface area contributed by atoms with Gasteiger partial charge in [0, 0.05) is 0 Å². The van der Waals surface area contributed by atoms with Gasteiger partial charge < -0.3 is 9.47 Å². The molecule has 0 spiro atoms. The second-order valence-electron chi connectivity index (χ2n) is 7.75. The van der Waals surface area contributed by atoms with E-state index in [-0.39, 0.29) is 0 Å². The summed E-state index contributed by atoms with van der Waals surface area (Å²) in [4.78, 5) is 24.9. The molecule has 0 radical (unpaired) electrons. The van der Waals surface area contributed by atoms with Crippen LogP contribution in [0.3, 0.4) is 0 Å². The third-order valence-corrected chi connectivity index (χ3v) is 3.12. The SMILES string of the molecule is CC(C)(C)OC(=O)c1cc(C(=O)OC(C)(C)C)c2ccccc2c1. The molecule has 0 amide bonds. The Kier molecular flexibility index (Phi) is 4.70. The number of carbonyl (C=O) groups excluding carboxylic acids is 2. The molecule has 128 valence electrons. The fourth-order valence-electron chi connectivity index (χ4n) is 2.27. The fraction of sp³-hybridized carbons (Fsp3) is 0.400. The number of ether oxygens (including phenoxy) is 2. The lowest BCUT2D eigenvalue weighted by molar-refractivity contribution is 0.00682. The third kappa shape index (κ3) is 4.57. The quantitative estimate of drug-likeness (QED) is 0.747. The highest BCUT2D eigenvalue weighted by molar-refractivity contribution is 6.08. The molecule has 0 unspecified atom stereocenters. The van der Waals surface area contributed by atoms with Gasteiger partial charge in [-0.2, -0.15) is 0 Å². The summed E-state index contributed by atoms with van der Waals surface area (Å²) in [6.07, 6.45) is 0. The van der Waals surface area contributed by atoms with E-state index in [0.717, 1.165) is 10.8 Å². The van der Waals surface area contributed by atoms with Gasteiger partial charge in [0.05, 0.1) is 11.1 Å². The highest BCUT2D eigenvalue weighted by atomic mass is 16.6. The number of esters is 2. The number of carbonyl (C=O) groups is 2. The number of hydrogen-bond acceptors (Lipinski definition) is 4. The van der Waals surface area contributed by atoms with Gasteiger partial charge in [-0.1, -0.05) is 24.3 Å². The summed E-state index contributed by atoms with van der Waals surface area (Å²) in [7, 11) is 0. The number of benzene rings is 2. The first-order chi connectivity index (χ1) is 11.0. The Hall–Kier alpha value is -2.36. The topological polar surface area (TPSA) is 52.6 Å². The summed E-state index contributed by atoms with van der Waals surface area (Å²) < 4.78 is 10.9. The lowest BCUT2D eigenvalue weighted by Crippen LogP contribution is -2.25. The second kappa shape index (κ2) is 6.27. The van der Waals surface area contributed by atoms with Gasteiger partial charge in [0.1, 0.15) is 11.2 Å². The molecule has 2 aromatic carbocycles. The zero-order valence-electron chi connectivity index (χ0n) is 15.1. The van der Waals surface area contributed by atoms with Crippen molar-refractivity contribution in [1.82, 2.24) is 0 Å². The molecule has 0 aromatic heterocycles. The van der Waals surface area contributed by atoms with Crippen LogP contribution in [0, 0.1) is 0 Å². The molecular formula is C20H24O4. The van der Waals surface area contributed by atoms with Crippen LogP contribution in [0.25, 0.3) is 10.8 Å². The smallest absolute Gasteiger partial charge is 0.339 e. The van der Waals surface area contributed by atoms with Crippen molar-refractivity contribution < 1.29 is 19.1 Å². The Balaban J connectivity index is 2.53. The average Bonchev–Trinajstić information content (AvgIpc) is 2.42. The van der Waals surface area contributed by atoms with Gasteiger partial charge in [-0.15, -0.1) is 0 Å². The Morgan fingerprint density at radius 1 is 0.792 bits per heavy atom. The van der Waals surface area contributed by atoms with Crippen LogP contribution >= 0.6 is 0 Å². The van der Waals surface area contributed by atoms with Gasteiger partial charge in [-0.25, -0.2) is 9.59 Å². The molecule has 0 atom stereocenters. The Labute approximate surface area is 142 Å². The molecule has 0 aliphatic rings. The van der Waals surface area contributed by atoms with Crippen molar-refractivity contribution in [2.24, 2.45) is 0 Å². The van der Waals surface area contributed by atoms with Crippen molar-refractivity contribution in [2.45, 2.75) is 52.7 Å². The molecule has 0 heterocycles. The van der Waals surface area contributed by atoms with E-state index in [2.05, 4.69) is 0 Å². The van der Waals surface area contributed by atoms with Gasteiger partial charge in [-0.3, -0.25) is 0 Å². The summed E-state index contributed by atoms with van der Waals surface area (Å²) >= 11 is 0. The number of rotatable bonds is 2. The van der Waals surface area contributed by atoms with Crippen molar-refractivity contribution in [3.8, 4) is 0 Å². The number of fused-ring (bicyclic) bond motifs is 1. The van der Waals surface area contributed by atoms with Crippen molar-refractivity contribution >= 4 is 22.7 Å². The molecule has 24 heavy (non-hydrogen) atoms. The molecule has 0 fully saturated rings. The maximum Gasteiger partial charge on any atom is 0.339 e. The first-order valence-electron chi connectivity index (χ1n) is 7.96. The molecular weight excluding hydrogens is 304 g/mol. The summed E-state index contributed by atoms with van der Waals surface area (Å²) in [5.41, 5.74) is -0.511. The van der Waals surface area contributed by atoms with Gasteiger partial charge >= 0.3 is 11.9 Å². The minimum absolute atomic E-state index is 0.337. The van der Waals surface area contributed by atoms with E-state index in [1.807, 2.05) is 45.0 Å². The van der Waals surface area contributed by atoms with Crippen LogP contribution < -0.4 is 0 Å². The van der Waals surface area contributed by atoms with Crippen molar-refractivity contribution in [2.75, 3.05) is 0 Å². The molecule has 0 saturated carbocycles. The molecule has 0 saturated heterocycles. The zero-order valence-corrected chi connectivity index (χ0v) is 15.1. The van der Waals surface area contributed by atoms with Crippen LogP contribution in [-0.4, -0.2) is 23.1 Å². The predicted molar refractivity (Wildman–Crippen MR) is 94.3 cm³/mol. The molecule has 0 aliphatic heterocycles. The standard InChI is InChI=1S/C20H24O4/c1-19(2,3)23-17(21)14-11-13-9-7-8-10-15(13)16(12-14)18(22)24-20(4,5)6/h7-12H,1-6H3. The molecule has 4 nitrogen and oxygen atoms in total. The highest BCUT2D eigenvalue weighted by Gasteiger charge is 2.23. The summed E-state index contributed by atoms with van der Waals surface area (Å²) in [5.74, 6) is -0.915. The second-order valence-corrected chi connectivity index (χ2v) is 7.75. The Morgan fingerprint density at radius 2 is 1.33 bits per heavy atom. The summed E-state index contributed by atoms with van der Waals surface area (Å²) in [6, 6.07) is 10.7. The van der Waals surface area contributed by atoms with Crippen molar-refractivity contribution in [3.63, 3.8) is 0 Å². The van der Waals surface area contributed by atoms with Crippen LogP contribution in [0.15, 0.2) is 36.4 Å². The van der Waals surface area contributed by atoms with Gasteiger partial charge in [0.15, 0.2) is 0 Å². The lowest BCUT2D eigenvalue weighted by Gasteiger charge is -2.21. The minimum Gasteiger partial charge on any atom is -0.456 e. The molecule has 2 aromatic rings. The molecule has 0 aliphatic carbocycles. The maximum absolute atomic E-state index is 12.6. The monoisotopic (exact) mass is 328 g/mol. The van der Waals surface area contributed by atoms with Crippen LogP contribution in [0.4, 0.5) is 0 Å². The summed E-state index contributed by atoms with van der Waals surface area (Å²) in [5, 5.41) is 1.54.